The Hall–Kier alpha value is -3.19. The molecular weight excluding hydrogens is 288 g/mol. The molecule has 2 N–H and O–H groups in total. The molecule has 0 saturated carbocycles. The average Bonchev–Trinajstić information content (AvgIpc) is 3.07. The first-order valence-corrected chi connectivity index (χ1v) is 7.32. The average molecular weight is 304 g/mol. The molecule has 1 aromatic heterocycles. The zero-order valence-electron chi connectivity index (χ0n) is 12.5. The van der Waals surface area contributed by atoms with Crippen molar-refractivity contribution in [1.82, 2.24) is 10.3 Å². The van der Waals surface area contributed by atoms with Crippen LogP contribution in [0.3, 0.4) is 0 Å². The Morgan fingerprint density at radius 2 is 1.96 bits per heavy atom. The Labute approximate surface area is 134 Å². The number of ether oxygens (including phenoxy) is 1. The number of benzene rings is 2. The lowest BCUT2D eigenvalue weighted by molar-refractivity contribution is 0.141. The highest BCUT2D eigenvalue weighted by Gasteiger charge is 2.01. The van der Waals surface area contributed by atoms with Crippen LogP contribution in [-0.4, -0.2) is 17.6 Å². The van der Waals surface area contributed by atoms with Crippen molar-refractivity contribution in [3.05, 3.63) is 71.9 Å². The number of hydrogen-bond acceptors (Lipinski definition) is 2. The summed E-state index contributed by atoms with van der Waals surface area (Å²) in [5, 5.41) is 3.70. The van der Waals surface area contributed by atoms with Crippen LogP contribution in [0.2, 0.25) is 0 Å². The van der Waals surface area contributed by atoms with Gasteiger partial charge in [-0.25, -0.2) is 4.79 Å². The van der Waals surface area contributed by atoms with E-state index in [2.05, 4.69) is 22.1 Å². The minimum atomic E-state index is -0.469. The topological polar surface area (TPSA) is 54.1 Å². The van der Waals surface area contributed by atoms with Gasteiger partial charge in [0.1, 0.15) is 6.61 Å². The normalized spacial score (nSPS) is 9.91. The van der Waals surface area contributed by atoms with Gasteiger partial charge in [0, 0.05) is 22.7 Å². The second-order valence-electron chi connectivity index (χ2n) is 4.96. The zero-order chi connectivity index (χ0) is 15.9. The van der Waals surface area contributed by atoms with Crippen LogP contribution in [-0.2, 0) is 11.3 Å². The molecule has 23 heavy (non-hydrogen) atoms. The third kappa shape index (κ3) is 3.92. The Morgan fingerprint density at radius 3 is 2.83 bits per heavy atom. The second-order valence-corrected chi connectivity index (χ2v) is 4.96. The van der Waals surface area contributed by atoms with Gasteiger partial charge in [-0.15, -0.1) is 0 Å². The van der Waals surface area contributed by atoms with Crippen LogP contribution in [0.5, 0.6) is 0 Å². The van der Waals surface area contributed by atoms with Gasteiger partial charge in [-0.1, -0.05) is 48.2 Å². The number of rotatable bonds is 3. The van der Waals surface area contributed by atoms with Crippen molar-refractivity contribution in [3.8, 4) is 11.8 Å². The summed E-state index contributed by atoms with van der Waals surface area (Å²) in [6, 6.07) is 17.4. The third-order valence-corrected chi connectivity index (χ3v) is 3.35. The van der Waals surface area contributed by atoms with Crippen LogP contribution in [0.1, 0.15) is 11.1 Å². The van der Waals surface area contributed by atoms with Crippen molar-refractivity contribution in [2.24, 2.45) is 0 Å². The Kier molecular flexibility index (Phi) is 4.61. The van der Waals surface area contributed by atoms with Gasteiger partial charge in [0.2, 0.25) is 0 Å². The Bertz CT molecular complexity index is 857. The summed E-state index contributed by atoms with van der Waals surface area (Å²) in [5.74, 6) is 6.00. The molecule has 4 nitrogen and oxygen atoms in total. The Balaban J connectivity index is 1.50. The van der Waals surface area contributed by atoms with Gasteiger partial charge in [0.15, 0.2) is 0 Å². The number of nitrogens with one attached hydrogen (secondary N) is 2. The zero-order valence-corrected chi connectivity index (χ0v) is 12.5. The van der Waals surface area contributed by atoms with Crippen LogP contribution < -0.4 is 5.32 Å². The number of H-pyrrole nitrogens is 1. The molecule has 1 heterocycles. The van der Waals surface area contributed by atoms with Crippen molar-refractivity contribution in [2.45, 2.75) is 6.61 Å². The number of carbonyl (C=O) groups excluding carboxylic acids is 1. The molecule has 0 saturated heterocycles. The largest absolute Gasteiger partial charge is 0.445 e. The minimum Gasteiger partial charge on any atom is -0.445 e. The van der Waals surface area contributed by atoms with Crippen LogP contribution >= 0.6 is 0 Å². The molecule has 0 fully saturated rings. The van der Waals surface area contributed by atoms with Crippen molar-refractivity contribution in [3.63, 3.8) is 0 Å². The quantitative estimate of drug-likeness (QED) is 0.728. The fourth-order valence-corrected chi connectivity index (χ4v) is 2.22. The molecule has 4 heteroatoms. The molecule has 0 aliphatic carbocycles. The summed E-state index contributed by atoms with van der Waals surface area (Å²) < 4.78 is 5.12. The highest BCUT2D eigenvalue weighted by Crippen LogP contribution is 2.15. The lowest BCUT2D eigenvalue weighted by atomic mass is 10.1. The van der Waals surface area contributed by atoms with E-state index in [-0.39, 0.29) is 13.2 Å². The molecule has 3 rings (SSSR count). The summed E-state index contributed by atoms with van der Waals surface area (Å²) in [6.07, 6.45) is 1.41. The third-order valence-electron chi connectivity index (χ3n) is 3.35. The predicted octanol–water partition coefficient (Wildman–Crippen LogP) is 3.45. The molecule has 3 aromatic rings. The van der Waals surface area contributed by atoms with Crippen molar-refractivity contribution in [2.75, 3.05) is 6.54 Å². The monoisotopic (exact) mass is 304 g/mol. The first-order valence-electron chi connectivity index (χ1n) is 7.32. The van der Waals surface area contributed by atoms with Gasteiger partial charge < -0.3 is 15.0 Å². The first kappa shape index (κ1) is 14.7. The summed E-state index contributed by atoms with van der Waals surface area (Å²) in [6.45, 7) is 0.497. The van der Waals surface area contributed by atoms with Crippen LogP contribution in [0, 0.1) is 11.8 Å². The molecule has 0 radical (unpaired) electrons. The van der Waals surface area contributed by atoms with Crippen molar-refractivity contribution in [1.29, 1.82) is 0 Å². The highest BCUT2D eigenvalue weighted by molar-refractivity contribution is 5.85. The van der Waals surface area contributed by atoms with E-state index in [4.69, 9.17) is 4.74 Å². The van der Waals surface area contributed by atoms with Gasteiger partial charge in [-0.05, 0) is 23.8 Å². The van der Waals surface area contributed by atoms with E-state index in [1.165, 1.54) is 0 Å². The van der Waals surface area contributed by atoms with Crippen LogP contribution in [0.4, 0.5) is 4.79 Å². The van der Waals surface area contributed by atoms with E-state index >= 15 is 0 Å². The van der Waals surface area contributed by atoms with E-state index in [1.54, 1.807) is 0 Å². The van der Waals surface area contributed by atoms with E-state index in [0.717, 1.165) is 22.0 Å². The van der Waals surface area contributed by atoms with E-state index in [0.29, 0.717) is 0 Å². The number of aromatic nitrogens is 1. The van der Waals surface area contributed by atoms with Crippen molar-refractivity contribution >= 4 is 17.0 Å². The number of amides is 1. The molecule has 114 valence electrons. The maximum atomic E-state index is 11.6. The van der Waals surface area contributed by atoms with Gasteiger partial charge >= 0.3 is 6.09 Å². The van der Waals surface area contributed by atoms with Crippen molar-refractivity contribution < 1.29 is 9.53 Å². The van der Waals surface area contributed by atoms with Gasteiger partial charge in [-0.3, -0.25) is 0 Å². The van der Waals surface area contributed by atoms with Gasteiger partial charge in [-0.2, -0.15) is 0 Å². The summed E-state index contributed by atoms with van der Waals surface area (Å²) in [7, 11) is 0. The molecule has 2 aromatic carbocycles. The molecule has 0 spiro atoms. The van der Waals surface area contributed by atoms with E-state index in [1.807, 2.05) is 60.8 Å². The molecule has 1 amide bonds. The number of alkyl carbamates (subject to hydrolysis) is 1. The highest BCUT2D eigenvalue weighted by atomic mass is 16.5. The lowest BCUT2D eigenvalue weighted by Crippen LogP contribution is -2.24. The van der Waals surface area contributed by atoms with E-state index < -0.39 is 6.09 Å². The molecular formula is C19H16N2O2. The van der Waals surface area contributed by atoms with Crippen LogP contribution in [0.15, 0.2) is 60.8 Å². The molecule has 0 unspecified atom stereocenters. The number of hydrogen-bond donors (Lipinski definition) is 2. The molecule has 0 aliphatic heterocycles. The fourth-order valence-electron chi connectivity index (χ4n) is 2.22. The molecule has 0 atom stereocenters. The molecule has 0 bridgehead atoms. The number of aromatic amines is 1. The minimum absolute atomic E-state index is 0.244. The number of carbonyl (C=O) groups is 1. The standard InChI is InChI=1S/C19H16N2O2/c22-19(23-14-15-6-2-1-3-7-15)21-12-5-9-16-8-4-10-18-17(16)11-13-20-18/h1-4,6-8,10-11,13,20H,12,14H2,(H,21,22). The van der Waals surface area contributed by atoms with Gasteiger partial charge in [0.25, 0.3) is 0 Å². The smallest absolute Gasteiger partial charge is 0.408 e. The maximum absolute atomic E-state index is 11.6. The Morgan fingerprint density at radius 1 is 1.09 bits per heavy atom. The predicted molar refractivity (Wildman–Crippen MR) is 89.8 cm³/mol. The first-order chi connectivity index (χ1) is 11.3. The number of fused-ring (bicyclic) bond motifs is 1. The SMILES string of the molecule is O=C(NCC#Cc1cccc2[nH]ccc12)OCc1ccccc1. The fraction of sp³-hybridized carbons (Fsp3) is 0.105. The molecule has 0 aliphatic rings. The maximum Gasteiger partial charge on any atom is 0.408 e. The summed E-state index contributed by atoms with van der Waals surface area (Å²) in [4.78, 5) is 14.7. The van der Waals surface area contributed by atoms with E-state index in [9.17, 15) is 4.79 Å². The van der Waals surface area contributed by atoms with Gasteiger partial charge in [0.05, 0.1) is 6.54 Å². The summed E-state index contributed by atoms with van der Waals surface area (Å²) >= 11 is 0. The lowest BCUT2D eigenvalue weighted by Gasteiger charge is -2.04. The van der Waals surface area contributed by atoms with Crippen LogP contribution in [0.25, 0.3) is 10.9 Å². The second kappa shape index (κ2) is 7.19. The summed E-state index contributed by atoms with van der Waals surface area (Å²) in [5.41, 5.74) is 2.93.